The molecule has 0 aromatic carbocycles. The highest BCUT2D eigenvalue weighted by Crippen LogP contribution is 2.12. The lowest BCUT2D eigenvalue weighted by Gasteiger charge is -2.09. The van der Waals surface area contributed by atoms with E-state index in [0.717, 1.165) is 12.8 Å². The molecule has 0 aliphatic heterocycles. The number of hydrogen-bond acceptors (Lipinski definition) is 4. The molecule has 82 valence electrons. The Morgan fingerprint density at radius 1 is 1.50 bits per heavy atom. The zero-order chi connectivity index (χ0) is 11.0. The van der Waals surface area contributed by atoms with Gasteiger partial charge in [0.25, 0.3) is 0 Å². The Kier molecular flexibility index (Phi) is 6.80. The maximum absolute atomic E-state index is 11.2. The Morgan fingerprint density at radius 2 is 2.14 bits per heavy atom. The zero-order valence-electron chi connectivity index (χ0n) is 9.06. The van der Waals surface area contributed by atoms with Crippen LogP contribution in [0.3, 0.4) is 0 Å². The number of ether oxygens (including phenoxy) is 1. The van der Waals surface area contributed by atoms with Crippen LogP contribution in [0.4, 0.5) is 0 Å². The Hall–Kier alpha value is -1.06. The van der Waals surface area contributed by atoms with E-state index in [9.17, 15) is 4.79 Å². The molecule has 4 heteroatoms. The van der Waals surface area contributed by atoms with Crippen molar-refractivity contribution in [1.29, 1.82) is 0 Å². The second kappa shape index (κ2) is 7.35. The molecule has 0 saturated heterocycles. The third-order valence-electron chi connectivity index (χ3n) is 2.05. The van der Waals surface area contributed by atoms with Crippen molar-refractivity contribution in [3.8, 4) is 0 Å². The molecule has 0 radical (unpaired) electrons. The number of methoxy groups -OCH3 is 1. The summed E-state index contributed by atoms with van der Waals surface area (Å²) in [5.41, 5.74) is 0. The van der Waals surface area contributed by atoms with Crippen LogP contribution in [0, 0.1) is 11.8 Å². The van der Waals surface area contributed by atoms with Gasteiger partial charge < -0.3 is 9.94 Å². The normalized spacial score (nSPS) is 13.4. The maximum atomic E-state index is 11.2. The van der Waals surface area contributed by atoms with Gasteiger partial charge in [0.05, 0.1) is 19.2 Å². The molecule has 0 aliphatic carbocycles. The van der Waals surface area contributed by atoms with E-state index in [0.29, 0.717) is 12.3 Å². The quantitative estimate of drug-likeness (QED) is 0.310. The van der Waals surface area contributed by atoms with Gasteiger partial charge in [-0.15, -0.1) is 5.16 Å². The summed E-state index contributed by atoms with van der Waals surface area (Å²) in [5, 5.41) is 11.2. The molecule has 0 rings (SSSR count). The fourth-order valence-corrected chi connectivity index (χ4v) is 1.23. The van der Waals surface area contributed by atoms with Gasteiger partial charge in [0.1, 0.15) is 0 Å². The van der Waals surface area contributed by atoms with Crippen LogP contribution in [0.5, 0.6) is 0 Å². The summed E-state index contributed by atoms with van der Waals surface area (Å²) in [5.74, 6) is -0.130. The van der Waals surface area contributed by atoms with Crippen LogP contribution in [0.2, 0.25) is 0 Å². The van der Waals surface area contributed by atoms with Gasteiger partial charge in [-0.2, -0.15) is 0 Å². The summed E-state index contributed by atoms with van der Waals surface area (Å²) in [7, 11) is 1.34. The lowest BCUT2D eigenvalue weighted by Crippen LogP contribution is -2.17. The summed E-state index contributed by atoms with van der Waals surface area (Å²) in [6, 6.07) is 0. The number of carbonyl (C=O) groups is 1. The monoisotopic (exact) mass is 201 g/mol. The van der Waals surface area contributed by atoms with Gasteiger partial charge >= 0.3 is 5.97 Å². The van der Waals surface area contributed by atoms with Crippen molar-refractivity contribution in [3.05, 3.63) is 0 Å². The third-order valence-corrected chi connectivity index (χ3v) is 2.05. The highest BCUT2D eigenvalue weighted by Gasteiger charge is 2.16. The molecule has 1 unspecified atom stereocenters. The second-order valence-corrected chi connectivity index (χ2v) is 3.72. The number of esters is 1. The Bertz CT molecular complexity index is 190. The number of rotatable bonds is 6. The molecule has 14 heavy (non-hydrogen) atoms. The van der Waals surface area contributed by atoms with Crippen molar-refractivity contribution < 1.29 is 14.7 Å². The van der Waals surface area contributed by atoms with Gasteiger partial charge in [-0.25, -0.2) is 0 Å². The van der Waals surface area contributed by atoms with Crippen LogP contribution in [0.1, 0.15) is 33.1 Å². The first-order valence-corrected chi connectivity index (χ1v) is 4.87. The van der Waals surface area contributed by atoms with Crippen molar-refractivity contribution in [2.24, 2.45) is 17.0 Å². The molecule has 0 spiro atoms. The van der Waals surface area contributed by atoms with Gasteiger partial charge in [0, 0.05) is 0 Å². The predicted molar refractivity (Wildman–Crippen MR) is 54.5 cm³/mol. The Balaban J connectivity index is 3.91. The van der Waals surface area contributed by atoms with Crippen molar-refractivity contribution in [3.63, 3.8) is 0 Å². The van der Waals surface area contributed by atoms with Gasteiger partial charge in [-0.3, -0.25) is 4.79 Å². The van der Waals surface area contributed by atoms with E-state index in [4.69, 9.17) is 5.21 Å². The number of hydrogen-bond donors (Lipinski definition) is 1. The molecule has 1 N–H and O–H groups in total. The minimum Gasteiger partial charge on any atom is -0.469 e. The van der Waals surface area contributed by atoms with Gasteiger partial charge in [0.2, 0.25) is 0 Å². The van der Waals surface area contributed by atoms with Crippen LogP contribution < -0.4 is 0 Å². The average molecular weight is 201 g/mol. The molecule has 0 fully saturated rings. The van der Waals surface area contributed by atoms with Crippen LogP contribution >= 0.6 is 0 Å². The maximum Gasteiger partial charge on any atom is 0.314 e. The first-order chi connectivity index (χ1) is 6.61. The van der Waals surface area contributed by atoms with Crippen LogP contribution in [-0.4, -0.2) is 24.5 Å². The van der Waals surface area contributed by atoms with E-state index in [-0.39, 0.29) is 5.97 Å². The van der Waals surface area contributed by atoms with Crippen LogP contribution in [0.15, 0.2) is 5.16 Å². The largest absolute Gasteiger partial charge is 0.469 e. The zero-order valence-corrected chi connectivity index (χ0v) is 9.06. The second-order valence-electron chi connectivity index (χ2n) is 3.72. The van der Waals surface area contributed by atoms with E-state index in [2.05, 4.69) is 23.7 Å². The standard InChI is InChI=1S/C10H19NO3/c1-8(2)5-4-6-9(7-11-13)10(12)14-3/h7-9,13H,4-6H2,1-3H3/b11-7-. The topological polar surface area (TPSA) is 58.9 Å². The highest BCUT2D eigenvalue weighted by molar-refractivity contribution is 5.89. The van der Waals surface area contributed by atoms with Crippen molar-refractivity contribution in [1.82, 2.24) is 0 Å². The summed E-state index contributed by atoms with van der Waals surface area (Å²) in [4.78, 5) is 11.2. The van der Waals surface area contributed by atoms with Crippen molar-refractivity contribution in [2.75, 3.05) is 7.11 Å². The minimum atomic E-state index is -0.413. The summed E-state index contributed by atoms with van der Waals surface area (Å²) >= 11 is 0. The van der Waals surface area contributed by atoms with Crippen molar-refractivity contribution >= 4 is 12.2 Å². The first kappa shape index (κ1) is 12.9. The lowest BCUT2D eigenvalue weighted by molar-refractivity contribution is -0.143. The Labute approximate surface area is 84.9 Å². The molecule has 0 heterocycles. The third kappa shape index (κ3) is 5.56. The van der Waals surface area contributed by atoms with E-state index < -0.39 is 5.92 Å². The molecular formula is C10H19NO3. The smallest absolute Gasteiger partial charge is 0.314 e. The molecule has 0 amide bonds. The number of oxime groups is 1. The van der Waals surface area contributed by atoms with Crippen LogP contribution in [0.25, 0.3) is 0 Å². The molecule has 1 atom stereocenters. The predicted octanol–water partition coefficient (Wildman–Crippen LogP) is 2.06. The first-order valence-electron chi connectivity index (χ1n) is 4.87. The van der Waals surface area contributed by atoms with Gasteiger partial charge in [-0.1, -0.05) is 26.7 Å². The molecule has 0 bridgehead atoms. The van der Waals surface area contributed by atoms with E-state index in [1.54, 1.807) is 0 Å². The number of carbonyl (C=O) groups excluding carboxylic acids is 1. The SMILES string of the molecule is COC(=O)C(/C=N\O)CCCC(C)C. The van der Waals surface area contributed by atoms with Gasteiger partial charge in [0.15, 0.2) is 0 Å². The van der Waals surface area contributed by atoms with E-state index >= 15 is 0 Å². The fraction of sp³-hybridized carbons (Fsp3) is 0.800. The van der Waals surface area contributed by atoms with Crippen LogP contribution in [-0.2, 0) is 9.53 Å². The molecule has 4 nitrogen and oxygen atoms in total. The average Bonchev–Trinajstić information content (AvgIpc) is 2.15. The molecule has 0 aromatic heterocycles. The highest BCUT2D eigenvalue weighted by atomic mass is 16.5. The summed E-state index contributed by atoms with van der Waals surface area (Å²) in [6.45, 7) is 4.26. The van der Waals surface area contributed by atoms with E-state index in [1.165, 1.54) is 13.3 Å². The van der Waals surface area contributed by atoms with E-state index in [1.807, 2.05) is 0 Å². The molecular weight excluding hydrogens is 182 g/mol. The molecule has 0 saturated carbocycles. The fourth-order valence-electron chi connectivity index (χ4n) is 1.23. The minimum absolute atomic E-state index is 0.341. The molecule has 0 aliphatic rings. The number of nitrogens with zero attached hydrogens (tertiary/aromatic N) is 1. The summed E-state index contributed by atoms with van der Waals surface area (Å²) in [6.07, 6.45) is 3.90. The van der Waals surface area contributed by atoms with Crippen molar-refractivity contribution in [2.45, 2.75) is 33.1 Å². The molecule has 0 aromatic rings. The summed E-state index contributed by atoms with van der Waals surface area (Å²) < 4.78 is 4.58. The van der Waals surface area contributed by atoms with Gasteiger partial charge in [-0.05, 0) is 12.3 Å². The lowest BCUT2D eigenvalue weighted by atomic mass is 9.99. The Morgan fingerprint density at radius 3 is 2.57 bits per heavy atom.